The Kier molecular flexibility index (Phi) is 7.93. The first-order valence-corrected chi connectivity index (χ1v) is 14.4. The molecule has 11 heteroatoms. The molecule has 0 amide bonds. The number of aromatic nitrogens is 6. The highest BCUT2D eigenvalue weighted by Gasteiger charge is 2.21. The first-order chi connectivity index (χ1) is 20.1. The fraction of sp³-hybridized carbons (Fsp3) is 0.367. The van der Waals surface area contributed by atoms with Crippen molar-refractivity contribution in [2.75, 3.05) is 27.4 Å². The highest BCUT2D eigenvalue weighted by atomic mass is 32.1. The Labute approximate surface area is 241 Å². The third kappa shape index (κ3) is 5.80. The van der Waals surface area contributed by atoms with Crippen molar-refractivity contribution >= 4 is 38.4 Å². The summed E-state index contributed by atoms with van der Waals surface area (Å²) in [7, 11) is 3.06. The number of tetrazole rings is 1. The maximum absolute atomic E-state index is 12.5. The van der Waals surface area contributed by atoms with Crippen LogP contribution in [0.3, 0.4) is 0 Å². The van der Waals surface area contributed by atoms with E-state index in [0.29, 0.717) is 30.3 Å². The predicted octanol–water partition coefficient (Wildman–Crippen LogP) is 4.56. The monoisotopic (exact) mass is 570 g/mol. The maximum atomic E-state index is 12.5. The molecule has 1 aliphatic rings. The van der Waals surface area contributed by atoms with E-state index in [0.717, 1.165) is 82.0 Å². The molecule has 0 radical (unpaired) electrons. The molecule has 0 bridgehead atoms. The van der Waals surface area contributed by atoms with Crippen molar-refractivity contribution in [3.05, 3.63) is 64.1 Å². The minimum absolute atomic E-state index is 0.362. The molecule has 3 aromatic heterocycles. The molecule has 2 aromatic carbocycles. The second-order valence-corrected chi connectivity index (χ2v) is 11.0. The third-order valence-corrected chi connectivity index (χ3v) is 8.50. The number of rotatable bonds is 8. The molecule has 6 rings (SSSR count). The molecule has 0 spiro atoms. The molecule has 10 nitrogen and oxygen atoms in total. The van der Waals surface area contributed by atoms with Gasteiger partial charge in [0.1, 0.15) is 5.75 Å². The number of H-pyrrole nitrogens is 1. The molecule has 41 heavy (non-hydrogen) atoms. The Hall–Kier alpha value is -4.27. The summed E-state index contributed by atoms with van der Waals surface area (Å²) in [4.78, 5) is 17.2. The lowest BCUT2D eigenvalue weighted by Crippen LogP contribution is -2.16. The zero-order valence-corrected chi connectivity index (χ0v) is 23.8. The van der Waals surface area contributed by atoms with Crippen molar-refractivity contribution in [1.29, 1.82) is 0 Å². The first-order valence-electron chi connectivity index (χ1n) is 13.6. The number of esters is 1. The number of fused-ring (bicyclic) bond motifs is 2. The van der Waals surface area contributed by atoms with Crippen LogP contribution < -0.4 is 4.74 Å². The molecule has 5 aromatic rings. The topological polar surface area (TPSA) is 117 Å². The normalized spacial score (nSPS) is 13.8. The molecule has 210 valence electrons. The fourth-order valence-electron chi connectivity index (χ4n) is 5.38. The number of aromatic amines is 1. The van der Waals surface area contributed by atoms with E-state index in [2.05, 4.69) is 37.0 Å². The standard InChI is InChI=1S/C30H30N6O4S/c1-38-21-5-7-24-27(18-21)41-29(31-24)10-9-25-22(6-3-19-12-15-40-16-13-19)23-17-20(30(37)39-2)4-8-26(23)36(25)14-11-28-32-34-35-33-28/h4-5,7-8,17-19H,3,6,11-16H2,1-2H3,(H,32,33,34,35). The molecule has 1 fully saturated rings. The lowest BCUT2D eigenvalue weighted by Gasteiger charge is -2.21. The van der Waals surface area contributed by atoms with E-state index < -0.39 is 0 Å². The second-order valence-electron chi connectivity index (χ2n) is 9.98. The number of thiazole rings is 1. The molecule has 1 N–H and O–H groups in total. The van der Waals surface area contributed by atoms with E-state index in [1.807, 2.05) is 30.3 Å². The molecule has 0 aliphatic carbocycles. The molecule has 4 heterocycles. The van der Waals surface area contributed by atoms with Crippen LogP contribution in [0.15, 0.2) is 36.4 Å². The molecule has 1 saturated heterocycles. The van der Waals surface area contributed by atoms with E-state index in [9.17, 15) is 4.79 Å². The van der Waals surface area contributed by atoms with E-state index in [4.69, 9.17) is 19.2 Å². The first kappa shape index (κ1) is 26.9. The van der Waals surface area contributed by atoms with Gasteiger partial charge in [-0.15, -0.1) is 21.5 Å². The number of carbonyl (C=O) groups is 1. The Balaban J connectivity index is 1.45. The van der Waals surface area contributed by atoms with Gasteiger partial charge in [-0.05, 0) is 85.4 Å². The van der Waals surface area contributed by atoms with Gasteiger partial charge in [0.2, 0.25) is 0 Å². The van der Waals surface area contributed by atoms with Crippen LogP contribution in [0.25, 0.3) is 21.1 Å². The Bertz CT molecular complexity index is 1740. The number of nitrogens with one attached hydrogen (secondary N) is 1. The highest BCUT2D eigenvalue weighted by molar-refractivity contribution is 7.19. The molecule has 0 atom stereocenters. The van der Waals surface area contributed by atoms with Crippen molar-refractivity contribution in [2.24, 2.45) is 5.92 Å². The van der Waals surface area contributed by atoms with Gasteiger partial charge in [-0.3, -0.25) is 0 Å². The van der Waals surface area contributed by atoms with Gasteiger partial charge in [0.15, 0.2) is 10.8 Å². The van der Waals surface area contributed by atoms with Crippen LogP contribution >= 0.6 is 11.3 Å². The van der Waals surface area contributed by atoms with Crippen LogP contribution in [0.4, 0.5) is 0 Å². The van der Waals surface area contributed by atoms with Crippen molar-refractivity contribution in [3.63, 3.8) is 0 Å². The van der Waals surface area contributed by atoms with Crippen LogP contribution in [-0.2, 0) is 28.9 Å². The average Bonchev–Trinajstić information content (AvgIpc) is 3.75. The number of hydrogen-bond donors (Lipinski definition) is 1. The van der Waals surface area contributed by atoms with Crippen molar-refractivity contribution in [2.45, 2.75) is 38.6 Å². The summed E-state index contributed by atoms with van der Waals surface area (Å²) < 4.78 is 19.2. The summed E-state index contributed by atoms with van der Waals surface area (Å²) in [6.07, 6.45) is 4.54. The van der Waals surface area contributed by atoms with Gasteiger partial charge in [-0.2, -0.15) is 5.21 Å². The summed E-state index contributed by atoms with van der Waals surface area (Å²) >= 11 is 1.54. The quantitative estimate of drug-likeness (QED) is 0.213. The van der Waals surface area contributed by atoms with Gasteiger partial charge >= 0.3 is 5.97 Å². The van der Waals surface area contributed by atoms with Gasteiger partial charge < -0.3 is 18.8 Å². The Morgan fingerprint density at radius 3 is 2.80 bits per heavy atom. The van der Waals surface area contributed by atoms with Crippen LogP contribution in [0.2, 0.25) is 0 Å². The summed E-state index contributed by atoms with van der Waals surface area (Å²) in [6.45, 7) is 2.21. The number of carbonyl (C=O) groups excluding carboxylic acids is 1. The molecular weight excluding hydrogens is 540 g/mol. The smallest absolute Gasteiger partial charge is 0.337 e. The summed E-state index contributed by atoms with van der Waals surface area (Å²) in [5, 5.41) is 16.2. The van der Waals surface area contributed by atoms with Gasteiger partial charge in [-0.1, -0.05) is 5.21 Å². The number of ether oxygens (including phenoxy) is 3. The molecule has 0 unspecified atom stereocenters. The Morgan fingerprint density at radius 2 is 2.02 bits per heavy atom. The Morgan fingerprint density at radius 1 is 1.15 bits per heavy atom. The number of hydrogen-bond acceptors (Lipinski definition) is 9. The lowest BCUT2D eigenvalue weighted by molar-refractivity contribution is 0.0600. The van der Waals surface area contributed by atoms with E-state index in [1.165, 1.54) is 18.4 Å². The zero-order chi connectivity index (χ0) is 28.2. The number of nitrogens with zero attached hydrogens (tertiary/aromatic N) is 5. The predicted molar refractivity (Wildman–Crippen MR) is 155 cm³/mol. The third-order valence-electron chi connectivity index (χ3n) is 7.56. The minimum Gasteiger partial charge on any atom is -0.497 e. The van der Waals surface area contributed by atoms with E-state index in [-0.39, 0.29) is 5.97 Å². The van der Waals surface area contributed by atoms with Crippen LogP contribution in [0.1, 0.15) is 51.7 Å². The summed E-state index contributed by atoms with van der Waals surface area (Å²) in [6, 6.07) is 11.5. The van der Waals surface area contributed by atoms with Crippen LogP contribution in [0.5, 0.6) is 5.75 Å². The van der Waals surface area contributed by atoms with Crippen LogP contribution in [-0.4, -0.2) is 63.6 Å². The van der Waals surface area contributed by atoms with Crippen molar-refractivity contribution in [3.8, 4) is 17.6 Å². The maximum Gasteiger partial charge on any atom is 0.337 e. The van der Waals surface area contributed by atoms with Gasteiger partial charge in [0, 0.05) is 37.1 Å². The highest BCUT2D eigenvalue weighted by Crippen LogP contribution is 2.32. The largest absolute Gasteiger partial charge is 0.497 e. The summed E-state index contributed by atoms with van der Waals surface area (Å²) in [5.74, 6) is 8.47. The van der Waals surface area contributed by atoms with E-state index in [1.54, 1.807) is 13.2 Å². The molecule has 1 aliphatic heterocycles. The summed E-state index contributed by atoms with van der Waals surface area (Å²) in [5.41, 5.74) is 4.44. The van der Waals surface area contributed by atoms with Gasteiger partial charge in [0.05, 0.1) is 35.7 Å². The van der Waals surface area contributed by atoms with Crippen molar-refractivity contribution < 1.29 is 19.0 Å². The fourth-order valence-corrected chi connectivity index (χ4v) is 6.23. The lowest BCUT2D eigenvalue weighted by atomic mass is 9.92. The molecular formula is C30H30N6O4S. The second kappa shape index (κ2) is 12.1. The van der Waals surface area contributed by atoms with Gasteiger partial charge in [-0.25, -0.2) is 9.78 Å². The van der Waals surface area contributed by atoms with E-state index >= 15 is 0 Å². The van der Waals surface area contributed by atoms with Crippen molar-refractivity contribution in [1.82, 2.24) is 30.2 Å². The average molecular weight is 571 g/mol. The number of aryl methyl sites for hydroxylation is 3. The number of benzene rings is 2. The minimum atomic E-state index is -0.362. The van der Waals surface area contributed by atoms with Crippen LogP contribution in [0, 0.1) is 17.8 Å². The SMILES string of the molecule is COC(=O)c1ccc2c(c1)c(CCC1CCOCC1)c(C#Cc1nc3ccc(OC)cc3s1)n2CCc1nn[nH]n1. The van der Waals surface area contributed by atoms with Gasteiger partial charge in [0.25, 0.3) is 0 Å². The number of methoxy groups -OCH3 is 2. The molecule has 0 saturated carbocycles. The zero-order valence-electron chi connectivity index (χ0n) is 23.0.